The lowest BCUT2D eigenvalue weighted by Gasteiger charge is -2.44. The number of amides is 1. The van der Waals surface area contributed by atoms with E-state index in [0.717, 1.165) is 22.4 Å². The standard InChI is InChI=1S/C35H34FN4O4S.C24H20B/c1-35(2,3)33(42)44-21-38-15-6-7-24(18-38)32-39-16-14-27(30(39)20-45-32)31(41)28-19-40(34(43)37(4)5)29-17-23(10-13-26(28)29)22-8-11-25(36)12-9-22;1-5-13-21(14-6-1)25(22-15-7-2-8-16-22,23-17-9-3-10-18-23)24-19-11-4-12-20-24/h6-19,32H,20-21H2,1-5H3;1-20H/q+1;-1/t32-;/m1./s1. The Morgan fingerprint density at radius 2 is 1.24 bits per heavy atom. The second-order valence-corrected chi connectivity index (χ2v) is 19.9. The Labute approximate surface area is 412 Å². The predicted molar refractivity (Wildman–Crippen MR) is 281 cm³/mol. The predicted octanol–water partition coefficient (Wildman–Crippen LogP) is 9.70. The van der Waals surface area contributed by atoms with Gasteiger partial charge in [0.15, 0.2) is 18.2 Å². The summed E-state index contributed by atoms with van der Waals surface area (Å²) in [7, 11) is 3.33. The smallest absolute Gasteiger partial charge is 0.328 e. The number of ketones is 1. The molecule has 8 nitrogen and oxygen atoms in total. The average Bonchev–Trinajstić information content (AvgIpc) is 4.12. The van der Waals surface area contributed by atoms with Gasteiger partial charge in [0, 0.05) is 66.1 Å². The van der Waals surface area contributed by atoms with E-state index in [1.807, 2.05) is 80.3 Å². The number of carbonyl (C=O) groups excluding carboxylic acids is 3. The van der Waals surface area contributed by atoms with E-state index in [2.05, 4.69) is 126 Å². The zero-order chi connectivity index (χ0) is 49.0. The molecule has 0 spiro atoms. The first kappa shape index (κ1) is 47.3. The lowest BCUT2D eigenvalue weighted by molar-refractivity contribution is -0.728. The SMILES string of the molecule is CN(C)C(=O)n1cc(C(=O)c2ccn3c2CS[C@@H]3c2ccc[n+](COC(=O)C(C)(C)C)c2)c2ccc(-c3ccc(F)cc3)cc21.c1ccc([B-](c2ccccc2)(c2ccccc2)c2ccccc2)cc1. The summed E-state index contributed by atoms with van der Waals surface area (Å²) in [6.07, 6.45) is 6.15. The summed E-state index contributed by atoms with van der Waals surface area (Å²) in [6.45, 7) is 5.57. The lowest BCUT2D eigenvalue weighted by atomic mass is 9.13. The molecule has 0 saturated heterocycles. The third-order valence-corrected chi connectivity index (χ3v) is 14.3. The van der Waals surface area contributed by atoms with Crippen molar-refractivity contribution < 1.29 is 28.1 Å². The van der Waals surface area contributed by atoms with Gasteiger partial charge < -0.3 is 14.2 Å². The summed E-state index contributed by atoms with van der Waals surface area (Å²) in [4.78, 5) is 41.1. The number of pyridine rings is 1. The minimum Gasteiger partial charge on any atom is -0.404 e. The van der Waals surface area contributed by atoms with Crippen molar-refractivity contribution in [2.45, 2.75) is 38.6 Å². The Bertz CT molecular complexity index is 3140. The number of halogens is 1. The molecule has 0 radical (unpaired) electrons. The number of esters is 1. The number of rotatable bonds is 10. The monoisotopic (exact) mass is 944 g/mol. The molecule has 3 aromatic heterocycles. The lowest BCUT2D eigenvalue weighted by Crippen LogP contribution is -2.74. The minimum atomic E-state index is -1.22. The number of thioether (sulfide) groups is 1. The van der Waals surface area contributed by atoms with Gasteiger partial charge in [-0.1, -0.05) is 146 Å². The van der Waals surface area contributed by atoms with Crippen molar-refractivity contribution in [1.82, 2.24) is 14.0 Å². The number of ether oxygens (including phenoxy) is 1. The molecule has 350 valence electrons. The highest BCUT2D eigenvalue weighted by atomic mass is 32.2. The Morgan fingerprint density at radius 3 is 1.77 bits per heavy atom. The summed E-state index contributed by atoms with van der Waals surface area (Å²) in [5.74, 6) is -0.123. The molecule has 9 aromatic rings. The second kappa shape index (κ2) is 20.1. The number of aromatic nitrogens is 3. The zero-order valence-electron chi connectivity index (χ0n) is 39.9. The van der Waals surface area contributed by atoms with Crippen LogP contribution < -0.4 is 26.4 Å². The first-order valence-electron chi connectivity index (χ1n) is 23.4. The van der Waals surface area contributed by atoms with Crippen molar-refractivity contribution in [2.75, 3.05) is 14.1 Å². The summed E-state index contributed by atoms with van der Waals surface area (Å²) >= 11 is 1.71. The van der Waals surface area contributed by atoms with E-state index in [9.17, 15) is 18.8 Å². The van der Waals surface area contributed by atoms with Crippen LogP contribution in [0.5, 0.6) is 0 Å². The maximum Gasteiger partial charge on any atom is 0.328 e. The maximum atomic E-state index is 14.2. The summed E-state index contributed by atoms with van der Waals surface area (Å²) in [5, 5.41) is 0.611. The molecule has 10 rings (SSSR count). The van der Waals surface area contributed by atoms with Crippen molar-refractivity contribution in [1.29, 1.82) is 0 Å². The second-order valence-electron chi connectivity index (χ2n) is 18.9. The van der Waals surface area contributed by atoms with Crippen LogP contribution >= 0.6 is 11.8 Å². The van der Waals surface area contributed by atoms with Gasteiger partial charge in [0.2, 0.25) is 0 Å². The van der Waals surface area contributed by atoms with Crippen LogP contribution in [-0.2, 0) is 22.0 Å². The fourth-order valence-electron chi connectivity index (χ4n) is 9.54. The van der Waals surface area contributed by atoms with Crippen molar-refractivity contribution in [3.63, 3.8) is 0 Å². The van der Waals surface area contributed by atoms with Gasteiger partial charge in [-0.05, 0) is 62.2 Å². The van der Waals surface area contributed by atoms with Crippen molar-refractivity contribution in [3.05, 3.63) is 235 Å². The topological polar surface area (TPSA) is 77.4 Å². The molecule has 1 aliphatic heterocycles. The molecule has 0 bridgehead atoms. The van der Waals surface area contributed by atoms with E-state index in [0.29, 0.717) is 27.8 Å². The number of benzene rings is 6. The third-order valence-electron chi connectivity index (χ3n) is 13.0. The normalized spacial score (nSPS) is 13.3. The van der Waals surface area contributed by atoms with Gasteiger partial charge in [0.1, 0.15) is 17.3 Å². The van der Waals surface area contributed by atoms with Crippen molar-refractivity contribution in [2.24, 2.45) is 5.41 Å². The molecule has 0 unspecified atom stereocenters. The van der Waals surface area contributed by atoms with E-state index >= 15 is 0 Å². The molecule has 0 fully saturated rings. The first-order chi connectivity index (χ1) is 33.8. The highest BCUT2D eigenvalue weighted by molar-refractivity contribution is 7.99. The number of fused-ring (bicyclic) bond motifs is 2. The summed E-state index contributed by atoms with van der Waals surface area (Å²) in [6, 6.07) is 60.8. The van der Waals surface area contributed by atoms with E-state index in [1.54, 1.807) is 44.2 Å². The van der Waals surface area contributed by atoms with Gasteiger partial charge in [0.25, 0.3) is 6.73 Å². The van der Waals surface area contributed by atoms with Crippen LogP contribution in [0.1, 0.15) is 53.3 Å². The van der Waals surface area contributed by atoms with E-state index in [-0.39, 0.29) is 35.7 Å². The van der Waals surface area contributed by atoms with Crippen LogP contribution in [0.4, 0.5) is 9.18 Å². The van der Waals surface area contributed by atoms with E-state index < -0.39 is 11.6 Å². The number of hydrogen-bond acceptors (Lipinski definition) is 5. The van der Waals surface area contributed by atoms with Crippen LogP contribution in [0.15, 0.2) is 207 Å². The quantitative estimate of drug-likeness (QED) is 0.0591. The molecule has 4 heterocycles. The van der Waals surface area contributed by atoms with Gasteiger partial charge in [-0.2, -0.15) is 26.4 Å². The van der Waals surface area contributed by atoms with Crippen molar-refractivity contribution in [3.8, 4) is 11.1 Å². The van der Waals surface area contributed by atoms with Crippen LogP contribution in [0.25, 0.3) is 22.0 Å². The molecule has 0 aliphatic carbocycles. The molecule has 11 heteroatoms. The molecule has 6 aromatic carbocycles. The van der Waals surface area contributed by atoms with Gasteiger partial charge in [-0.3, -0.25) is 14.2 Å². The third kappa shape index (κ3) is 9.37. The highest BCUT2D eigenvalue weighted by Gasteiger charge is 2.33. The summed E-state index contributed by atoms with van der Waals surface area (Å²) in [5.41, 5.74) is 9.94. The van der Waals surface area contributed by atoms with Gasteiger partial charge in [-0.25, -0.2) is 9.18 Å². The first-order valence-corrected chi connectivity index (χ1v) is 24.4. The highest BCUT2D eigenvalue weighted by Crippen LogP contribution is 2.43. The Balaban J connectivity index is 0.000000205. The molecule has 0 N–H and O–H groups in total. The molecule has 0 saturated carbocycles. The number of carbonyl (C=O) groups is 3. The number of hydrogen-bond donors (Lipinski definition) is 0. The fourth-order valence-corrected chi connectivity index (χ4v) is 10.9. The largest absolute Gasteiger partial charge is 0.404 e. The van der Waals surface area contributed by atoms with Gasteiger partial charge >= 0.3 is 12.0 Å². The minimum absolute atomic E-state index is 0.0535. The Morgan fingerprint density at radius 1 is 0.700 bits per heavy atom. The summed E-state index contributed by atoms with van der Waals surface area (Å²) < 4.78 is 24.5. The van der Waals surface area contributed by atoms with Crippen LogP contribution in [0.3, 0.4) is 0 Å². The molecule has 1 atom stereocenters. The molecule has 1 amide bonds. The fraction of sp³-hybridized carbons (Fsp3) is 0.153. The van der Waals surface area contributed by atoms with Crippen LogP contribution in [0.2, 0.25) is 0 Å². The van der Waals surface area contributed by atoms with Crippen molar-refractivity contribution >= 4 is 68.4 Å². The molecule has 1 aliphatic rings. The molecular formula is C59H54BFN4O4S. The maximum absolute atomic E-state index is 14.2. The Hall–Kier alpha value is -7.76. The molecule has 70 heavy (non-hydrogen) atoms. The Kier molecular flexibility index (Phi) is 13.6. The van der Waals surface area contributed by atoms with Gasteiger partial charge in [-0.15, -0.1) is 11.8 Å². The zero-order valence-corrected chi connectivity index (χ0v) is 40.7. The van der Waals surface area contributed by atoms with E-state index in [4.69, 9.17) is 4.74 Å². The van der Waals surface area contributed by atoms with Crippen LogP contribution in [0, 0.1) is 11.2 Å². The molecular weight excluding hydrogens is 891 g/mol. The van der Waals surface area contributed by atoms with Crippen LogP contribution in [-0.4, -0.2) is 52.1 Å². The number of nitrogens with zero attached hydrogens (tertiary/aromatic N) is 4. The van der Waals surface area contributed by atoms with Gasteiger partial charge in [0.05, 0.1) is 10.9 Å². The van der Waals surface area contributed by atoms with E-state index in [1.165, 1.54) is 43.5 Å². The average molecular weight is 945 g/mol.